The van der Waals surface area contributed by atoms with Crippen molar-refractivity contribution in [1.82, 2.24) is 0 Å². The van der Waals surface area contributed by atoms with E-state index in [2.05, 4.69) is 12.6 Å². The summed E-state index contributed by atoms with van der Waals surface area (Å²) in [4.78, 5) is 23.8. The van der Waals surface area contributed by atoms with Gasteiger partial charge in [0.1, 0.15) is 0 Å². The summed E-state index contributed by atoms with van der Waals surface area (Å²) < 4.78 is 27.0. The van der Waals surface area contributed by atoms with E-state index in [1.165, 1.54) is 19.1 Å². The smallest absolute Gasteiger partial charge is 0.247 e. The molecule has 3 nitrogen and oxygen atoms in total. The SMILES string of the molecule is Cc1ccc(N2C(=O)CC(S)C2=O)c(F)c1F. The van der Waals surface area contributed by atoms with E-state index in [0.29, 0.717) is 4.90 Å². The zero-order chi connectivity index (χ0) is 12.7. The molecule has 0 N–H and O–H groups in total. The molecule has 1 atom stereocenters. The van der Waals surface area contributed by atoms with Gasteiger partial charge in [-0.15, -0.1) is 0 Å². The number of halogens is 2. The first kappa shape index (κ1) is 12.0. The summed E-state index contributed by atoms with van der Waals surface area (Å²) in [5.41, 5.74) is -0.229. The Morgan fingerprint density at radius 2 is 1.94 bits per heavy atom. The van der Waals surface area contributed by atoms with Gasteiger partial charge in [-0.2, -0.15) is 12.6 Å². The van der Waals surface area contributed by atoms with Crippen molar-refractivity contribution in [2.45, 2.75) is 18.6 Å². The molecule has 1 unspecified atom stereocenters. The third-order valence-corrected chi connectivity index (χ3v) is 3.02. The first-order chi connectivity index (χ1) is 7.93. The molecule has 90 valence electrons. The average molecular weight is 257 g/mol. The van der Waals surface area contributed by atoms with Gasteiger partial charge in [-0.25, -0.2) is 13.7 Å². The Hall–Kier alpha value is -1.43. The van der Waals surface area contributed by atoms with Crippen LogP contribution in [0.15, 0.2) is 12.1 Å². The number of carbonyl (C=O) groups is 2. The number of thiol groups is 1. The van der Waals surface area contributed by atoms with Crippen molar-refractivity contribution >= 4 is 30.1 Å². The van der Waals surface area contributed by atoms with Crippen molar-refractivity contribution in [3.8, 4) is 0 Å². The van der Waals surface area contributed by atoms with Gasteiger partial charge in [0.15, 0.2) is 11.6 Å². The molecule has 2 amide bonds. The molecule has 6 heteroatoms. The van der Waals surface area contributed by atoms with Crippen molar-refractivity contribution in [1.29, 1.82) is 0 Å². The topological polar surface area (TPSA) is 37.4 Å². The summed E-state index contributed by atoms with van der Waals surface area (Å²) >= 11 is 3.91. The molecule has 0 bridgehead atoms. The fraction of sp³-hybridized carbons (Fsp3) is 0.273. The second kappa shape index (κ2) is 4.10. The fourth-order valence-electron chi connectivity index (χ4n) is 1.68. The Labute approximate surface area is 102 Å². The zero-order valence-electron chi connectivity index (χ0n) is 8.91. The van der Waals surface area contributed by atoms with Crippen LogP contribution in [0.5, 0.6) is 0 Å². The number of benzene rings is 1. The third kappa shape index (κ3) is 1.82. The van der Waals surface area contributed by atoms with E-state index in [1.54, 1.807) is 0 Å². The molecule has 1 fully saturated rings. The molecule has 0 radical (unpaired) electrons. The summed E-state index contributed by atoms with van der Waals surface area (Å²) in [6.07, 6.45) is -0.100. The van der Waals surface area contributed by atoms with Crippen molar-refractivity contribution in [2.24, 2.45) is 0 Å². The van der Waals surface area contributed by atoms with E-state index in [0.717, 1.165) is 0 Å². The lowest BCUT2D eigenvalue weighted by molar-refractivity contribution is -0.121. The Morgan fingerprint density at radius 1 is 1.29 bits per heavy atom. The van der Waals surface area contributed by atoms with Crippen LogP contribution >= 0.6 is 12.6 Å². The number of imide groups is 1. The Kier molecular flexibility index (Phi) is 2.91. The number of rotatable bonds is 1. The van der Waals surface area contributed by atoms with E-state index >= 15 is 0 Å². The maximum atomic E-state index is 13.6. The molecule has 0 aromatic heterocycles. The highest BCUT2D eigenvalue weighted by atomic mass is 32.1. The number of anilines is 1. The van der Waals surface area contributed by atoms with Crippen LogP contribution in [0.25, 0.3) is 0 Å². The molecule has 1 aromatic carbocycles. The van der Waals surface area contributed by atoms with Crippen molar-refractivity contribution < 1.29 is 18.4 Å². The quantitative estimate of drug-likeness (QED) is 0.615. The van der Waals surface area contributed by atoms with Crippen molar-refractivity contribution in [3.05, 3.63) is 29.3 Å². The Balaban J connectivity index is 2.52. The standard InChI is InChI=1S/C11H9F2NO2S/c1-5-2-3-6(10(13)9(5)12)14-8(15)4-7(17)11(14)16/h2-3,7,17H,4H2,1H3. The van der Waals surface area contributed by atoms with E-state index < -0.39 is 28.7 Å². The number of amides is 2. The molecule has 1 aliphatic rings. The van der Waals surface area contributed by atoms with Crippen LogP contribution in [-0.2, 0) is 9.59 Å². The molecular weight excluding hydrogens is 248 g/mol. The van der Waals surface area contributed by atoms with E-state index in [9.17, 15) is 18.4 Å². The van der Waals surface area contributed by atoms with Crippen molar-refractivity contribution in [3.63, 3.8) is 0 Å². The third-order valence-electron chi connectivity index (χ3n) is 2.62. The molecule has 17 heavy (non-hydrogen) atoms. The van der Waals surface area contributed by atoms with Crippen LogP contribution < -0.4 is 4.90 Å². The lowest BCUT2D eigenvalue weighted by Gasteiger charge is -2.15. The predicted octanol–water partition coefficient (Wildman–Crippen LogP) is 1.83. The molecule has 1 heterocycles. The predicted molar refractivity (Wildman–Crippen MR) is 61.0 cm³/mol. The monoisotopic (exact) mass is 257 g/mol. The summed E-state index contributed by atoms with van der Waals surface area (Å²) in [5.74, 6) is -3.43. The van der Waals surface area contributed by atoms with Gasteiger partial charge in [-0.1, -0.05) is 6.07 Å². The molecule has 1 saturated heterocycles. The van der Waals surface area contributed by atoms with Crippen LogP contribution in [0.1, 0.15) is 12.0 Å². The summed E-state index contributed by atoms with van der Waals surface area (Å²) in [6.45, 7) is 1.40. The second-order valence-electron chi connectivity index (χ2n) is 3.82. The van der Waals surface area contributed by atoms with Gasteiger partial charge in [0.25, 0.3) is 0 Å². The van der Waals surface area contributed by atoms with E-state index in [-0.39, 0.29) is 17.7 Å². The second-order valence-corrected chi connectivity index (χ2v) is 4.44. The van der Waals surface area contributed by atoms with Gasteiger partial charge in [0, 0.05) is 6.42 Å². The molecule has 1 aromatic rings. The lowest BCUT2D eigenvalue weighted by atomic mass is 10.2. The molecule has 0 aliphatic carbocycles. The van der Waals surface area contributed by atoms with Gasteiger partial charge < -0.3 is 0 Å². The molecule has 2 rings (SSSR count). The minimum absolute atomic E-state index is 0.100. The fourth-order valence-corrected chi connectivity index (χ4v) is 1.95. The highest BCUT2D eigenvalue weighted by Gasteiger charge is 2.39. The number of hydrogen-bond acceptors (Lipinski definition) is 3. The minimum Gasteiger partial charge on any atom is -0.274 e. The van der Waals surface area contributed by atoms with Gasteiger partial charge in [-0.3, -0.25) is 9.59 Å². The highest BCUT2D eigenvalue weighted by molar-refractivity contribution is 7.82. The summed E-state index contributed by atoms with van der Waals surface area (Å²) in [5, 5.41) is -0.786. The van der Waals surface area contributed by atoms with Crippen LogP contribution in [0.2, 0.25) is 0 Å². The first-order valence-corrected chi connectivity index (χ1v) is 5.44. The van der Waals surface area contributed by atoms with Crippen LogP contribution in [0.3, 0.4) is 0 Å². The van der Waals surface area contributed by atoms with Gasteiger partial charge in [0.05, 0.1) is 10.9 Å². The number of hydrogen-bond donors (Lipinski definition) is 1. The lowest BCUT2D eigenvalue weighted by Crippen LogP contribution is -2.31. The van der Waals surface area contributed by atoms with Crippen molar-refractivity contribution in [2.75, 3.05) is 4.90 Å². The summed E-state index contributed by atoms with van der Waals surface area (Å²) in [7, 11) is 0. The molecular formula is C11H9F2NO2S. The minimum atomic E-state index is -1.19. The Morgan fingerprint density at radius 3 is 2.47 bits per heavy atom. The molecule has 0 saturated carbocycles. The molecule has 1 aliphatic heterocycles. The van der Waals surface area contributed by atoms with E-state index in [4.69, 9.17) is 0 Å². The van der Waals surface area contributed by atoms with Crippen LogP contribution in [0, 0.1) is 18.6 Å². The maximum Gasteiger partial charge on any atom is 0.247 e. The van der Waals surface area contributed by atoms with Gasteiger partial charge in [0.2, 0.25) is 11.8 Å². The van der Waals surface area contributed by atoms with Crippen LogP contribution in [0.4, 0.5) is 14.5 Å². The normalized spacial score (nSPS) is 20.2. The number of carbonyl (C=O) groups excluding carboxylic acids is 2. The highest BCUT2D eigenvalue weighted by Crippen LogP contribution is 2.29. The van der Waals surface area contributed by atoms with Crippen LogP contribution in [-0.4, -0.2) is 17.1 Å². The number of nitrogens with zero attached hydrogens (tertiary/aromatic N) is 1. The largest absolute Gasteiger partial charge is 0.274 e. The average Bonchev–Trinajstić information content (AvgIpc) is 2.52. The maximum absolute atomic E-state index is 13.6. The number of aryl methyl sites for hydroxylation is 1. The van der Waals surface area contributed by atoms with E-state index in [1.807, 2.05) is 0 Å². The van der Waals surface area contributed by atoms with Gasteiger partial charge in [-0.05, 0) is 18.6 Å². The zero-order valence-corrected chi connectivity index (χ0v) is 9.80. The summed E-state index contributed by atoms with van der Waals surface area (Å²) in [6, 6.07) is 2.54. The first-order valence-electron chi connectivity index (χ1n) is 4.93. The Bertz CT molecular complexity index is 518. The van der Waals surface area contributed by atoms with Gasteiger partial charge >= 0.3 is 0 Å². The molecule has 0 spiro atoms.